The van der Waals surface area contributed by atoms with Crippen molar-refractivity contribution in [1.82, 2.24) is 20.3 Å². The maximum Gasteiger partial charge on any atom is 0.273 e. The fourth-order valence-corrected chi connectivity index (χ4v) is 3.19. The van der Waals surface area contributed by atoms with Crippen LogP contribution in [0.1, 0.15) is 86.9 Å². The first-order valence-electron chi connectivity index (χ1n) is 8.62. The molecule has 3 rings (SSSR count). The fourth-order valence-electron chi connectivity index (χ4n) is 3.19. The quantitative estimate of drug-likeness (QED) is 0.934. The molecule has 2 aromatic rings. The molecule has 1 amide bonds. The summed E-state index contributed by atoms with van der Waals surface area (Å²) in [5.74, 6) is 0.752. The van der Waals surface area contributed by atoms with E-state index in [0.717, 1.165) is 30.6 Å². The second-order valence-electron chi connectivity index (χ2n) is 7.82. The van der Waals surface area contributed by atoms with E-state index in [1.807, 2.05) is 20.0 Å². The standard InChI is InChI=1S/C18H26N4O2/c1-11(2)16-9-14(21-24-16)17(23)20-13-7-6-8-15-12(13)10-19-22(15)18(3,4)5/h9-11,13H,6-8H2,1-5H3,(H,20,23)/t13-/m1/s1. The SMILES string of the molecule is CC(C)c1cc(C(=O)N[C@@H]2CCCc3c2cnn3C(C)(C)C)no1. The minimum Gasteiger partial charge on any atom is -0.360 e. The van der Waals surface area contributed by atoms with E-state index in [9.17, 15) is 4.79 Å². The lowest BCUT2D eigenvalue weighted by molar-refractivity contribution is 0.0923. The molecule has 2 heterocycles. The summed E-state index contributed by atoms with van der Waals surface area (Å²) < 4.78 is 7.30. The molecule has 0 fully saturated rings. The van der Waals surface area contributed by atoms with Crippen molar-refractivity contribution in [2.75, 3.05) is 0 Å². The molecule has 0 spiro atoms. The van der Waals surface area contributed by atoms with Gasteiger partial charge in [0.2, 0.25) is 0 Å². The van der Waals surface area contributed by atoms with Gasteiger partial charge in [0.15, 0.2) is 5.69 Å². The zero-order valence-corrected chi connectivity index (χ0v) is 15.1. The van der Waals surface area contributed by atoms with Gasteiger partial charge in [0.25, 0.3) is 5.91 Å². The summed E-state index contributed by atoms with van der Waals surface area (Å²) in [4.78, 5) is 12.5. The minimum absolute atomic E-state index is 0.0171. The van der Waals surface area contributed by atoms with Crippen LogP contribution >= 0.6 is 0 Å². The van der Waals surface area contributed by atoms with Crippen LogP contribution in [0.4, 0.5) is 0 Å². The average Bonchev–Trinajstić information content (AvgIpc) is 3.14. The summed E-state index contributed by atoms with van der Waals surface area (Å²) in [6.45, 7) is 10.5. The highest BCUT2D eigenvalue weighted by Crippen LogP contribution is 2.32. The van der Waals surface area contributed by atoms with Gasteiger partial charge in [0.1, 0.15) is 5.76 Å². The van der Waals surface area contributed by atoms with Gasteiger partial charge in [-0.15, -0.1) is 0 Å². The van der Waals surface area contributed by atoms with E-state index in [2.05, 4.69) is 41.0 Å². The summed E-state index contributed by atoms with van der Waals surface area (Å²) in [5, 5.41) is 11.5. The Morgan fingerprint density at radius 1 is 1.42 bits per heavy atom. The highest BCUT2D eigenvalue weighted by Gasteiger charge is 2.29. The maximum absolute atomic E-state index is 12.5. The normalized spacial score (nSPS) is 17.8. The summed E-state index contributed by atoms with van der Waals surface area (Å²) in [7, 11) is 0. The molecule has 6 nitrogen and oxygen atoms in total. The molecule has 0 radical (unpaired) electrons. The van der Waals surface area contributed by atoms with Crippen LogP contribution in [-0.2, 0) is 12.0 Å². The number of hydrogen-bond acceptors (Lipinski definition) is 4. The van der Waals surface area contributed by atoms with E-state index in [0.29, 0.717) is 5.69 Å². The van der Waals surface area contributed by atoms with E-state index in [-0.39, 0.29) is 23.4 Å². The molecule has 0 unspecified atom stereocenters. The molecule has 0 aliphatic heterocycles. The number of carbonyl (C=O) groups excluding carboxylic acids is 1. The predicted octanol–water partition coefficient (Wildman–Crippen LogP) is 3.56. The van der Waals surface area contributed by atoms with Crippen LogP contribution in [0.3, 0.4) is 0 Å². The van der Waals surface area contributed by atoms with Gasteiger partial charge in [-0.05, 0) is 40.0 Å². The average molecular weight is 330 g/mol. The molecule has 6 heteroatoms. The zero-order chi connectivity index (χ0) is 17.5. The van der Waals surface area contributed by atoms with Gasteiger partial charge in [-0.1, -0.05) is 19.0 Å². The van der Waals surface area contributed by atoms with Crippen molar-refractivity contribution in [3.05, 3.63) is 35.0 Å². The predicted molar refractivity (Wildman–Crippen MR) is 91.0 cm³/mol. The van der Waals surface area contributed by atoms with Crippen LogP contribution in [0.5, 0.6) is 0 Å². The lowest BCUT2D eigenvalue weighted by Crippen LogP contribution is -2.32. The van der Waals surface area contributed by atoms with Gasteiger partial charge in [0.05, 0.1) is 17.8 Å². The molecule has 24 heavy (non-hydrogen) atoms. The zero-order valence-electron chi connectivity index (χ0n) is 15.1. The van der Waals surface area contributed by atoms with Crippen molar-refractivity contribution in [3.8, 4) is 0 Å². The van der Waals surface area contributed by atoms with Gasteiger partial charge in [-0.25, -0.2) is 0 Å². The Labute approximate surface area is 142 Å². The van der Waals surface area contributed by atoms with E-state index in [4.69, 9.17) is 4.52 Å². The maximum atomic E-state index is 12.5. The third-order valence-corrected chi connectivity index (χ3v) is 4.45. The van der Waals surface area contributed by atoms with Crippen LogP contribution in [0.25, 0.3) is 0 Å². The molecule has 1 aliphatic rings. The van der Waals surface area contributed by atoms with Gasteiger partial charge in [-0.3, -0.25) is 9.48 Å². The number of fused-ring (bicyclic) bond motifs is 1. The van der Waals surface area contributed by atoms with Crippen molar-refractivity contribution in [2.45, 2.75) is 71.4 Å². The number of amides is 1. The van der Waals surface area contributed by atoms with Crippen LogP contribution in [0.2, 0.25) is 0 Å². The molecule has 0 aromatic carbocycles. The van der Waals surface area contributed by atoms with E-state index >= 15 is 0 Å². The van der Waals surface area contributed by atoms with Crippen LogP contribution in [0.15, 0.2) is 16.8 Å². The smallest absolute Gasteiger partial charge is 0.273 e. The summed E-state index contributed by atoms with van der Waals surface area (Å²) >= 11 is 0. The third-order valence-electron chi connectivity index (χ3n) is 4.45. The molecule has 0 saturated heterocycles. The summed E-state index contributed by atoms with van der Waals surface area (Å²) in [5.41, 5.74) is 2.63. The minimum atomic E-state index is -0.188. The monoisotopic (exact) mass is 330 g/mol. The first-order chi connectivity index (χ1) is 11.3. The summed E-state index contributed by atoms with van der Waals surface area (Å²) in [6, 6.07) is 1.71. The highest BCUT2D eigenvalue weighted by atomic mass is 16.5. The second-order valence-corrected chi connectivity index (χ2v) is 7.82. The van der Waals surface area contributed by atoms with E-state index in [1.165, 1.54) is 5.69 Å². The Bertz CT molecular complexity index is 737. The molecule has 0 saturated carbocycles. The molecule has 0 bridgehead atoms. The summed E-state index contributed by atoms with van der Waals surface area (Å²) in [6.07, 6.45) is 4.85. The topological polar surface area (TPSA) is 73.0 Å². The van der Waals surface area contributed by atoms with Crippen LogP contribution in [0, 0.1) is 0 Å². The lowest BCUT2D eigenvalue weighted by atomic mass is 9.92. The number of aromatic nitrogens is 3. The lowest BCUT2D eigenvalue weighted by Gasteiger charge is -2.28. The van der Waals surface area contributed by atoms with Gasteiger partial charge in [0, 0.05) is 23.2 Å². The van der Waals surface area contributed by atoms with Gasteiger partial charge in [-0.2, -0.15) is 5.10 Å². The Morgan fingerprint density at radius 3 is 2.79 bits per heavy atom. The fraction of sp³-hybridized carbons (Fsp3) is 0.611. The molecule has 1 N–H and O–H groups in total. The van der Waals surface area contributed by atoms with E-state index < -0.39 is 0 Å². The van der Waals surface area contributed by atoms with Crippen molar-refractivity contribution in [1.29, 1.82) is 0 Å². The molecule has 130 valence electrons. The molecule has 2 aromatic heterocycles. The first kappa shape index (κ1) is 16.7. The van der Waals surface area contributed by atoms with Crippen LogP contribution < -0.4 is 5.32 Å². The van der Waals surface area contributed by atoms with Crippen molar-refractivity contribution >= 4 is 5.91 Å². The number of carbonyl (C=O) groups is 1. The largest absolute Gasteiger partial charge is 0.360 e. The van der Waals surface area contributed by atoms with Crippen molar-refractivity contribution < 1.29 is 9.32 Å². The Balaban J connectivity index is 1.80. The third kappa shape index (κ3) is 3.09. The number of nitrogens with zero attached hydrogens (tertiary/aromatic N) is 3. The molecular formula is C18H26N4O2. The Hall–Kier alpha value is -2.11. The molecule has 1 aliphatic carbocycles. The number of nitrogens with one attached hydrogen (secondary N) is 1. The highest BCUT2D eigenvalue weighted by molar-refractivity contribution is 5.92. The Morgan fingerprint density at radius 2 is 2.17 bits per heavy atom. The van der Waals surface area contributed by atoms with E-state index in [1.54, 1.807) is 6.07 Å². The molecular weight excluding hydrogens is 304 g/mol. The molecule has 1 atom stereocenters. The second kappa shape index (κ2) is 6.07. The van der Waals surface area contributed by atoms with Crippen LogP contribution in [-0.4, -0.2) is 20.8 Å². The van der Waals surface area contributed by atoms with Gasteiger partial charge < -0.3 is 9.84 Å². The van der Waals surface area contributed by atoms with Crippen molar-refractivity contribution in [2.24, 2.45) is 0 Å². The number of rotatable bonds is 3. The number of hydrogen-bond donors (Lipinski definition) is 1. The first-order valence-corrected chi connectivity index (χ1v) is 8.62. The van der Waals surface area contributed by atoms with Gasteiger partial charge >= 0.3 is 0 Å². The Kier molecular flexibility index (Phi) is 4.24. The van der Waals surface area contributed by atoms with Crippen molar-refractivity contribution in [3.63, 3.8) is 0 Å².